The van der Waals surface area contributed by atoms with E-state index in [2.05, 4.69) is 25.7 Å². The van der Waals surface area contributed by atoms with Gasteiger partial charge >= 0.3 is 0 Å². The van der Waals surface area contributed by atoms with Gasteiger partial charge in [-0.3, -0.25) is 15.4 Å². The standard InChI is InChI=1S/C10H15N5S/c16-10(15-5-1-2-6-15)14-13-8-9-7-11-3-4-12-9/h3-4,7,13H,1-2,5-6,8H2,(H,14,16). The summed E-state index contributed by atoms with van der Waals surface area (Å²) in [6, 6.07) is 0. The van der Waals surface area contributed by atoms with Gasteiger partial charge in [0, 0.05) is 31.7 Å². The maximum atomic E-state index is 5.25. The summed E-state index contributed by atoms with van der Waals surface area (Å²) in [5, 5.41) is 0.765. The smallest absolute Gasteiger partial charge is 0.183 e. The fourth-order valence-electron chi connectivity index (χ4n) is 1.63. The van der Waals surface area contributed by atoms with Crippen molar-refractivity contribution in [1.29, 1.82) is 0 Å². The number of likely N-dealkylation sites (tertiary alicyclic amines) is 1. The van der Waals surface area contributed by atoms with Crippen LogP contribution in [0, 0.1) is 0 Å². The number of rotatable bonds is 3. The molecule has 1 saturated heterocycles. The lowest BCUT2D eigenvalue weighted by Gasteiger charge is -2.19. The molecule has 0 amide bonds. The van der Waals surface area contributed by atoms with Crippen molar-refractivity contribution < 1.29 is 0 Å². The number of hydrogen-bond acceptors (Lipinski definition) is 4. The van der Waals surface area contributed by atoms with Crippen molar-refractivity contribution in [2.24, 2.45) is 0 Å². The number of hydrogen-bond donors (Lipinski definition) is 2. The van der Waals surface area contributed by atoms with Crippen molar-refractivity contribution in [3.63, 3.8) is 0 Å². The average molecular weight is 237 g/mol. The molecule has 0 radical (unpaired) electrons. The van der Waals surface area contributed by atoms with E-state index in [1.54, 1.807) is 18.6 Å². The Morgan fingerprint density at radius 1 is 1.38 bits per heavy atom. The lowest BCUT2D eigenvalue weighted by atomic mass is 10.4. The van der Waals surface area contributed by atoms with Crippen LogP contribution in [0.4, 0.5) is 0 Å². The van der Waals surface area contributed by atoms with Crippen LogP contribution in [0.3, 0.4) is 0 Å². The highest BCUT2D eigenvalue weighted by Gasteiger charge is 2.13. The zero-order valence-electron chi connectivity index (χ0n) is 9.02. The molecule has 0 spiro atoms. The minimum atomic E-state index is 0.613. The Bertz CT molecular complexity index is 336. The molecule has 1 aliphatic heterocycles. The number of nitrogens with one attached hydrogen (secondary N) is 2. The Morgan fingerprint density at radius 2 is 2.19 bits per heavy atom. The van der Waals surface area contributed by atoms with Crippen molar-refractivity contribution in [1.82, 2.24) is 25.7 Å². The van der Waals surface area contributed by atoms with Crippen LogP contribution in [0.5, 0.6) is 0 Å². The predicted octanol–water partition coefficient (Wildman–Crippen LogP) is 0.451. The first-order chi connectivity index (χ1) is 7.86. The van der Waals surface area contributed by atoms with Gasteiger partial charge in [0.1, 0.15) is 0 Å². The Labute approximate surface area is 100 Å². The second-order valence-corrected chi connectivity index (χ2v) is 4.06. The van der Waals surface area contributed by atoms with E-state index in [9.17, 15) is 0 Å². The fourth-order valence-corrected chi connectivity index (χ4v) is 1.89. The van der Waals surface area contributed by atoms with Crippen molar-refractivity contribution in [3.05, 3.63) is 24.3 Å². The summed E-state index contributed by atoms with van der Waals surface area (Å²) in [5.74, 6) is 0. The van der Waals surface area contributed by atoms with Gasteiger partial charge in [-0.1, -0.05) is 0 Å². The topological polar surface area (TPSA) is 53.1 Å². The third-order valence-electron chi connectivity index (χ3n) is 2.47. The molecule has 5 nitrogen and oxygen atoms in total. The number of aromatic nitrogens is 2. The van der Waals surface area contributed by atoms with E-state index in [0.717, 1.165) is 23.9 Å². The second-order valence-electron chi connectivity index (χ2n) is 3.67. The molecule has 0 aliphatic carbocycles. The van der Waals surface area contributed by atoms with Crippen molar-refractivity contribution in [2.75, 3.05) is 13.1 Å². The SMILES string of the molecule is S=C(NNCc1cnccn1)N1CCCC1. The van der Waals surface area contributed by atoms with Crippen LogP contribution in [0.25, 0.3) is 0 Å². The number of hydrazine groups is 1. The van der Waals surface area contributed by atoms with Gasteiger partial charge in [0.15, 0.2) is 5.11 Å². The van der Waals surface area contributed by atoms with Gasteiger partial charge in [-0.05, 0) is 25.1 Å². The van der Waals surface area contributed by atoms with Crippen molar-refractivity contribution >= 4 is 17.3 Å². The maximum Gasteiger partial charge on any atom is 0.183 e. The Kier molecular flexibility index (Phi) is 4.01. The van der Waals surface area contributed by atoms with Gasteiger partial charge in [-0.2, -0.15) is 0 Å². The highest BCUT2D eigenvalue weighted by Crippen LogP contribution is 2.06. The van der Waals surface area contributed by atoms with Crippen LogP contribution in [0.15, 0.2) is 18.6 Å². The highest BCUT2D eigenvalue weighted by atomic mass is 32.1. The molecule has 1 fully saturated rings. The highest BCUT2D eigenvalue weighted by molar-refractivity contribution is 7.80. The summed E-state index contributed by atoms with van der Waals surface area (Å²) in [4.78, 5) is 10.3. The molecule has 0 saturated carbocycles. The first-order valence-electron chi connectivity index (χ1n) is 5.39. The normalized spacial score (nSPS) is 15.1. The van der Waals surface area contributed by atoms with Gasteiger partial charge in [0.05, 0.1) is 12.2 Å². The van der Waals surface area contributed by atoms with Gasteiger partial charge in [0.25, 0.3) is 0 Å². The molecule has 16 heavy (non-hydrogen) atoms. The Hall–Kier alpha value is -1.27. The van der Waals surface area contributed by atoms with Crippen molar-refractivity contribution in [3.8, 4) is 0 Å². The molecule has 6 heteroatoms. The molecule has 0 bridgehead atoms. The molecule has 0 unspecified atom stereocenters. The second kappa shape index (κ2) is 5.72. The summed E-state index contributed by atoms with van der Waals surface area (Å²) in [6.45, 7) is 2.72. The first-order valence-corrected chi connectivity index (χ1v) is 5.80. The van der Waals surface area contributed by atoms with Gasteiger partial charge < -0.3 is 4.90 Å². The van der Waals surface area contributed by atoms with E-state index in [-0.39, 0.29) is 0 Å². The molecule has 2 rings (SSSR count). The molecular weight excluding hydrogens is 222 g/mol. The van der Waals surface area contributed by atoms with E-state index >= 15 is 0 Å². The summed E-state index contributed by atoms with van der Waals surface area (Å²) >= 11 is 5.25. The van der Waals surface area contributed by atoms with Crippen LogP contribution in [-0.4, -0.2) is 33.1 Å². The van der Waals surface area contributed by atoms with Crippen LogP contribution in [-0.2, 0) is 6.54 Å². The van der Waals surface area contributed by atoms with Crippen LogP contribution in [0.2, 0.25) is 0 Å². The van der Waals surface area contributed by atoms with E-state index in [1.807, 2.05) is 0 Å². The molecule has 2 N–H and O–H groups in total. The summed E-state index contributed by atoms with van der Waals surface area (Å²) in [6.07, 6.45) is 7.52. The minimum absolute atomic E-state index is 0.613. The molecule has 1 aromatic rings. The Balaban J connectivity index is 1.70. The summed E-state index contributed by atoms with van der Waals surface area (Å²) in [5.41, 5.74) is 6.94. The Morgan fingerprint density at radius 3 is 2.88 bits per heavy atom. The van der Waals surface area contributed by atoms with Crippen LogP contribution < -0.4 is 10.9 Å². The maximum absolute atomic E-state index is 5.25. The van der Waals surface area contributed by atoms with Gasteiger partial charge in [-0.15, -0.1) is 0 Å². The predicted molar refractivity (Wildman–Crippen MR) is 65.4 cm³/mol. The molecule has 1 aromatic heterocycles. The van der Waals surface area contributed by atoms with Gasteiger partial charge in [0.2, 0.25) is 0 Å². The number of thiocarbonyl (C=S) groups is 1. The third-order valence-corrected chi connectivity index (χ3v) is 2.84. The molecule has 0 aromatic carbocycles. The largest absolute Gasteiger partial charge is 0.348 e. The van der Waals surface area contributed by atoms with E-state index in [4.69, 9.17) is 12.2 Å². The van der Waals surface area contributed by atoms with E-state index in [1.165, 1.54) is 12.8 Å². The van der Waals surface area contributed by atoms with Crippen molar-refractivity contribution in [2.45, 2.75) is 19.4 Å². The summed E-state index contributed by atoms with van der Waals surface area (Å²) in [7, 11) is 0. The third kappa shape index (κ3) is 3.11. The molecule has 0 atom stereocenters. The van der Waals surface area contributed by atoms with Crippen LogP contribution in [0.1, 0.15) is 18.5 Å². The fraction of sp³-hybridized carbons (Fsp3) is 0.500. The lowest BCUT2D eigenvalue weighted by Crippen LogP contribution is -2.45. The molecule has 2 heterocycles. The average Bonchev–Trinajstić information content (AvgIpc) is 2.84. The lowest BCUT2D eigenvalue weighted by molar-refractivity contribution is 0.485. The molecule has 86 valence electrons. The monoisotopic (exact) mass is 237 g/mol. The van der Waals surface area contributed by atoms with Crippen LogP contribution >= 0.6 is 12.2 Å². The zero-order valence-corrected chi connectivity index (χ0v) is 9.83. The first kappa shape index (κ1) is 11.2. The zero-order chi connectivity index (χ0) is 11.2. The number of nitrogens with zero attached hydrogens (tertiary/aromatic N) is 3. The van der Waals surface area contributed by atoms with E-state index in [0.29, 0.717) is 6.54 Å². The molecule has 1 aliphatic rings. The molecular formula is C10H15N5S. The summed E-state index contributed by atoms with van der Waals surface area (Å²) < 4.78 is 0. The minimum Gasteiger partial charge on any atom is -0.348 e. The van der Waals surface area contributed by atoms with Gasteiger partial charge in [-0.25, -0.2) is 5.43 Å². The van der Waals surface area contributed by atoms with E-state index < -0.39 is 0 Å². The quantitative estimate of drug-likeness (QED) is 0.588.